The lowest BCUT2D eigenvalue weighted by atomic mass is 10.0. The van der Waals surface area contributed by atoms with E-state index in [1.54, 1.807) is 36.4 Å². The lowest BCUT2D eigenvalue weighted by Gasteiger charge is -2.15. The molecule has 3 amide bonds. The van der Waals surface area contributed by atoms with Crippen LogP contribution in [0.2, 0.25) is 0 Å². The Bertz CT molecular complexity index is 1870. The van der Waals surface area contributed by atoms with Crippen molar-refractivity contribution in [2.24, 2.45) is 0 Å². The Kier molecular flexibility index (Phi) is 39.7. The van der Waals surface area contributed by atoms with Gasteiger partial charge >= 0.3 is 0 Å². The lowest BCUT2D eigenvalue weighted by molar-refractivity contribution is 0.0940. The first kappa shape index (κ1) is 68.8. The number of carbonyl (C=O) groups is 3. The van der Waals surface area contributed by atoms with E-state index in [1.165, 1.54) is 231 Å². The van der Waals surface area contributed by atoms with Crippen molar-refractivity contribution in [3.63, 3.8) is 0 Å². The van der Waals surface area contributed by atoms with Crippen LogP contribution in [0.4, 0.5) is 0 Å². The van der Waals surface area contributed by atoms with Gasteiger partial charge in [0.15, 0.2) is 0 Å². The second kappa shape index (κ2) is 46.7. The number of carbonyl (C=O) groups excluding carboxylic acids is 3. The molecule has 0 fully saturated rings. The SMILES string of the molecule is CCCCCCCCCCCCCCCCOc1cc2nc(c1)C(=O)NCc1cc(OCCCCCCCCCCCCCCCC)cc(n1)C(=O)NCc1cc(OCCCCCCCCCCCCCCCC)cc(n1)C(=O)NC2. The van der Waals surface area contributed by atoms with E-state index in [0.717, 1.165) is 38.5 Å². The Morgan fingerprint density at radius 1 is 0.284 bits per heavy atom. The molecule has 0 radical (unpaired) electrons. The Hall–Kier alpha value is -4.74. The van der Waals surface area contributed by atoms with E-state index in [0.29, 0.717) is 54.2 Å². The number of amides is 3. The summed E-state index contributed by atoms with van der Waals surface area (Å²) in [6, 6.07) is 10.3. The number of unbranched alkanes of at least 4 members (excludes halogenated alkanes) is 39. The summed E-state index contributed by atoms with van der Waals surface area (Å²) in [5.74, 6) is 0.253. The highest BCUT2D eigenvalue weighted by atomic mass is 16.5. The number of nitrogens with zero attached hydrogens (tertiary/aromatic N) is 3. The van der Waals surface area contributed by atoms with Gasteiger partial charge in [0, 0.05) is 36.4 Å². The fraction of sp³-hybridized carbons (Fsp3) is 0.739. The summed E-state index contributed by atoms with van der Waals surface area (Å²) < 4.78 is 18.8. The fourth-order valence-corrected chi connectivity index (χ4v) is 10.8. The van der Waals surface area contributed by atoms with Gasteiger partial charge in [-0.15, -0.1) is 0 Å². The first-order chi connectivity index (χ1) is 39.9. The highest BCUT2D eigenvalue weighted by Crippen LogP contribution is 2.22. The molecule has 4 heterocycles. The number of hydrogen-bond acceptors (Lipinski definition) is 9. The van der Waals surface area contributed by atoms with Gasteiger partial charge in [0.05, 0.1) is 56.5 Å². The zero-order valence-electron chi connectivity index (χ0n) is 51.7. The van der Waals surface area contributed by atoms with Gasteiger partial charge in [0.1, 0.15) is 34.3 Å². The largest absolute Gasteiger partial charge is 0.493 e. The number of pyridine rings is 3. The summed E-state index contributed by atoms with van der Waals surface area (Å²) in [6.45, 7) is 8.46. The standard InChI is InChI=1S/C69H114N6O6/c1-4-7-10-13-16-19-22-25-28-31-34-37-40-43-46-79-61-49-58-55-70-68(77)65-53-63(81-48-45-42-39-36-33-30-27-24-21-18-15-12-9-6-3)51-60(75-65)57-72-69(78)66-54-62(50-59(74-66)56-71-67(76)64(52-61)73-58)80-47-44-41-38-35-32-29-26-23-20-17-14-11-8-5-2/h49-54H,4-48,55-57H2,1-3H3,(H,70,77)(H,71,76)(H,72,78). The number of hydrogen-bond donors (Lipinski definition) is 3. The third-order valence-electron chi connectivity index (χ3n) is 15.8. The molecule has 0 unspecified atom stereocenters. The van der Waals surface area contributed by atoms with Crippen molar-refractivity contribution in [3.8, 4) is 17.2 Å². The molecule has 1 aliphatic rings. The number of aromatic nitrogens is 3. The van der Waals surface area contributed by atoms with E-state index in [4.69, 9.17) is 14.2 Å². The molecule has 81 heavy (non-hydrogen) atoms. The predicted molar refractivity (Wildman–Crippen MR) is 334 cm³/mol. The van der Waals surface area contributed by atoms with Crippen LogP contribution >= 0.6 is 0 Å². The zero-order chi connectivity index (χ0) is 57.5. The Morgan fingerprint density at radius 2 is 0.469 bits per heavy atom. The van der Waals surface area contributed by atoms with E-state index < -0.39 is 17.7 Å². The van der Waals surface area contributed by atoms with Crippen molar-refractivity contribution in [1.29, 1.82) is 0 Å². The van der Waals surface area contributed by atoms with E-state index >= 15 is 0 Å². The van der Waals surface area contributed by atoms with Gasteiger partial charge in [-0.3, -0.25) is 14.4 Å². The molecular weight excluding hydrogens is 1010 g/mol. The topological polar surface area (TPSA) is 154 Å². The average molecular weight is 1120 g/mol. The van der Waals surface area contributed by atoms with Crippen LogP contribution in [-0.4, -0.2) is 52.5 Å². The third-order valence-corrected chi connectivity index (χ3v) is 15.8. The number of fused-ring (bicyclic) bond motifs is 6. The number of rotatable bonds is 48. The predicted octanol–water partition coefficient (Wildman–Crippen LogP) is 18.6. The molecule has 0 saturated heterocycles. The molecular formula is C69H114N6O6. The molecule has 3 aromatic heterocycles. The smallest absolute Gasteiger partial charge is 0.270 e. The summed E-state index contributed by atoms with van der Waals surface area (Å²) in [4.78, 5) is 55.8. The van der Waals surface area contributed by atoms with Crippen LogP contribution in [0.3, 0.4) is 0 Å². The maximum absolute atomic E-state index is 13.9. The van der Waals surface area contributed by atoms with Crippen LogP contribution in [0.5, 0.6) is 17.2 Å². The summed E-state index contributed by atoms with van der Waals surface area (Å²) in [5.41, 5.74) is 1.89. The Balaban J connectivity index is 1.36. The van der Waals surface area contributed by atoms with Gasteiger partial charge in [-0.25, -0.2) is 15.0 Å². The van der Waals surface area contributed by atoms with Crippen LogP contribution in [0.25, 0.3) is 0 Å². The second-order valence-electron chi connectivity index (χ2n) is 23.4. The first-order valence-electron chi connectivity index (χ1n) is 33.6. The molecule has 12 nitrogen and oxygen atoms in total. The molecule has 0 aromatic carbocycles. The molecule has 12 heteroatoms. The van der Waals surface area contributed by atoms with Crippen molar-refractivity contribution in [2.45, 2.75) is 310 Å². The Labute approximate surface area is 492 Å². The summed E-state index contributed by atoms with van der Waals surface area (Å²) in [5, 5.41) is 8.90. The van der Waals surface area contributed by atoms with Gasteiger partial charge < -0.3 is 30.2 Å². The summed E-state index contributed by atoms with van der Waals surface area (Å²) in [6.07, 6.45) is 53.6. The maximum atomic E-state index is 13.9. The van der Waals surface area contributed by atoms with Crippen LogP contribution < -0.4 is 30.2 Å². The molecule has 3 N–H and O–H groups in total. The van der Waals surface area contributed by atoms with Crippen molar-refractivity contribution in [1.82, 2.24) is 30.9 Å². The summed E-state index contributed by atoms with van der Waals surface area (Å²) in [7, 11) is 0. The van der Waals surface area contributed by atoms with Gasteiger partial charge in [-0.2, -0.15) is 0 Å². The molecule has 0 atom stereocenters. The number of nitrogens with one attached hydrogen (secondary N) is 3. The van der Waals surface area contributed by atoms with Gasteiger partial charge in [0.2, 0.25) is 0 Å². The zero-order valence-corrected chi connectivity index (χ0v) is 51.7. The monoisotopic (exact) mass is 1120 g/mol. The molecule has 6 bridgehead atoms. The normalized spacial score (nSPS) is 12.9. The molecule has 456 valence electrons. The highest BCUT2D eigenvalue weighted by Gasteiger charge is 2.19. The second-order valence-corrected chi connectivity index (χ2v) is 23.4. The molecule has 0 saturated carbocycles. The maximum Gasteiger partial charge on any atom is 0.270 e. The van der Waals surface area contributed by atoms with E-state index in [9.17, 15) is 14.4 Å². The van der Waals surface area contributed by atoms with Crippen LogP contribution in [0, 0.1) is 0 Å². The van der Waals surface area contributed by atoms with Gasteiger partial charge in [-0.1, -0.05) is 271 Å². The van der Waals surface area contributed by atoms with Crippen molar-refractivity contribution in [3.05, 3.63) is 70.6 Å². The lowest BCUT2D eigenvalue weighted by Crippen LogP contribution is -2.29. The van der Waals surface area contributed by atoms with Crippen molar-refractivity contribution in [2.75, 3.05) is 19.8 Å². The average Bonchev–Trinajstić information content (AvgIpc) is 3.49. The molecule has 4 rings (SSSR count). The minimum atomic E-state index is -0.429. The Morgan fingerprint density at radius 3 is 0.667 bits per heavy atom. The van der Waals surface area contributed by atoms with Crippen LogP contribution in [0.1, 0.15) is 339 Å². The highest BCUT2D eigenvalue weighted by molar-refractivity contribution is 5.94. The number of ether oxygens (including phenoxy) is 3. The van der Waals surface area contributed by atoms with E-state index in [1.807, 2.05) is 0 Å². The molecule has 0 aliphatic carbocycles. The quantitative estimate of drug-likeness (QED) is 0.0469. The van der Waals surface area contributed by atoms with E-state index in [2.05, 4.69) is 51.7 Å². The van der Waals surface area contributed by atoms with Gasteiger partial charge in [0.25, 0.3) is 17.7 Å². The van der Waals surface area contributed by atoms with Crippen molar-refractivity contribution < 1.29 is 28.6 Å². The fourth-order valence-electron chi connectivity index (χ4n) is 10.8. The first-order valence-corrected chi connectivity index (χ1v) is 33.6. The minimum Gasteiger partial charge on any atom is -0.493 e. The van der Waals surface area contributed by atoms with Crippen LogP contribution in [0.15, 0.2) is 36.4 Å². The minimum absolute atomic E-state index is 0.0384. The van der Waals surface area contributed by atoms with Crippen LogP contribution in [-0.2, 0) is 19.6 Å². The molecule has 0 spiro atoms. The third kappa shape index (κ3) is 33.8. The van der Waals surface area contributed by atoms with Gasteiger partial charge in [-0.05, 0) is 19.3 Å². The van der Waals surface area contributed by atoms with Crippen molar-refractivity contribution >= 4 is 17.7 Å². The molecule has 3 aromatic rings. The van der Waals surface area contributed by atoms with E-state index in [-0.39, 0.29) is 36.7 Å². The summed E-state index contributed by atoms with van der Waals surface area (Å²) >= 11 is 0. The molecule has 1 aliphatic heterocycles.